The number of carbonyl (C=O) groups is 3. The third kappa shape index (κ3) is 6.38. The molecule has 6 nitrogen and oxygen atoms in total. The van der Waals surface area contributed by atoms with Gasteiger partial charge in [0.1, 0.15) is 0 Å². The lowest BCUT2D eigenvalue weighted by Crippen LogP contribution is -2.29. The summed E-state index contributed by atoms with van der Waals surface area (Å²) in [5, 5.41) is 5.75. The van der Waals surface area contributed by atoms with E-state index in [1.165, 1.54) is 0 Å². The number of hydrogen-bond donors (Lipinski definition) is 2. The van der Waals surface area contributed by atoms with E-state index in [2.05, 4.69) is 24.5 Å². The predicted molar refractivity (Wildman–Crippen MR) is 107 cm³/mol. The molecule has 27 heavy (non-hydrogen) atoms. The Morgan fingerprint density at radius 2 is 1.78 bits per heavy atom. The number of benzene rings is 1. The van der Waals surface area contributed by atoms with Crippen LogP contribution in [0.1, 0.15) is 62.7 Å². The summed E-state index contributed by atoms with van der Waals surface area (Å²) in [5.41, 5.74) is 1.22. The normalized spacial score (nSPS) is 16.4. The van der Waals surface area contributed by atoms with E-state index in [9.17, 15) is 14.4 Å². The van der Waals surface area contributed by atoms with Crippen molar-refractivity contribution >= 4 is 23.4 Å². The molecule has 1 saturated heterocycles. The van der Waals surface area contributed by atoms with E-state index in [-0.39, 0.29) is 30.1 Å². The predicted octanol–water partition coefficient (Wildman–Crippen LogP) is 3.19. The minimum atomic E-state index is -0.309. The first-order valence-electron chi connectivity index (χ1n) is 10.0. The average Bonchev–Trinajstić information content (AvgIpc) is 3.05. The quantitative estimate of drug-likeness (QED) is 0.618. The number of anilines is 1. The fourth-order valence-corrected chi connectivity index (χ4v) is 3.14. The molecular formula is C21H31N3O3. The molecule has 0 bridgehead atoms. The third-order valence-electron chi connectivity index (χ3n) is 4.85. The fourth-order valence-electron chi connectivity index (χ4n) is 3.14. The molecule has 1 aliphatic rings. The Morgan fingerprint density at radius 1 is 1.07 bits per heavy atom. The van der Waals surface area contributed by atoms with Gasteiger partial charge in [0, 0.05) is 37.3 Å². The number of nitrogens with one attached hydrogen (secondary N) is 2. The van der Waals surface area contributed by atoms with Gasteiger partial charge in [-0.25, -0.2) is 0 Å². The number of rotatable bonds is 10. The van der Waals surface area contributed by atoms with Crippen molar-refractivity contribution in [2.45, 2.75) is 52.4 Å². The maximum absolute atomic E-state index is 12.4. The number of hydrogen-bond acceptors (Lipinski definition) is 3. The van der Waals surface area contributed by atoms with E-state index in [1.54, 1.807) is 29.2 Å². The number of carbonyl (C=O) groups excluding carboxylic acids is 3. The molecule has 0 saturated carbocycles. The molecule has 148 valence electrons. The third-order valence-corrected chi connectivity index (χ3v) is 4.85. The van der Waals surface area contributed by atoms with Gasteiger partial charge in [-0.1, -0.05) is 33.1 Å². The Morgan fingerprint density at radius 3 is 2.44 bits per heavy atom. The molecule has 0 aliphatic carbocycles. The first kappa shape index (κ1) is 20.9. The van der Waals surface area contributed by atoms with Gasteiger partial charge in [0.2, 0.25) is 11.8 Å². The summed E-state index contributed by atoms with van der Waals surface area (Å²) in [5.74, 6) is -0.495. The smallest absolute Gasteiger partial charge is 0.251 e. The number of nitrogens with zero attached hydrogens (tertiary/aromatic N) is 1. The zero-order valence-corrected chi connectivity index (χ0v) is 16.4. The van der Waals surface area contributed by atoms with Crippen LogP contribution >= 0.6 is 0 Å². The van der Waals surface area contributed by atoms with Gasteiger partial charge < -0.3 is 15.5 Å². The largest absolute Gasteiger partial charge is 0.352 e. The van der Waals surface area contributed by atoms with Crippen LogP contribution in [0.2, 0.25) is 0 Å². The Hall–Kier alpha value is -2.37. The molecule has 1 aromatic carbocycles. The molecule has 0 spiro atoms. The lowest BCUT2D eigenvalue weighted by Gasteiger charge is -2.16. The maximum Gasteiger partial charge on any atom is 0.251 e. The van der Waals surface area contributed by atoms with Crippen molar-refractivity contribution in [2.24, 2.45) is 5.92 Å². The summed E-state index contributed by atoms with van der Waals surface area (Å²) in [4.78, 5) is 38.3. The monoisotopic (exact) mass is 373 g/mol. The standard InChI is InChI=1S/C21H31N3O3/c1-3-5-7-12-22-20(26)16-8-10-18(11-9-16)23-21(27)17-14-19(25)24(15-17)13-6-4-2/h8-11,17H,3-7,12-15H2,1-2H3,(H,22,26)(H,23,27). The summed E-state index contributed by atoms with van der Waals surface area (Å²) in [6, 6.07) is 6.87. The molecule has 2 N–H and O–H groups in total. The topological polar surface area (TPSA) is 78.5 Å². The lowest BCUT2D eigenvalue weighted by molar-refractivity contribution is -0.128. The van der Waals surface area contributed by atoms with Crippen LogP contribution in [0.15, 0.2) is 24.3 Å². The van der Waals surface area contributed by atoms with Crippen LogP contribution in [0, 0.1) is 5.92 Å². The van der Waals surface area contributed by atoms with Crippen molar-refractivity contribution in [3.05, 3.63) is 29.8 Å². The second-order valence-electron chi connectivity index (χ2n) is 7.12. The molecule has 1 unspecified atom stereocenters. The molecule has 2 rings (SSSR count). The van der Waals surface area contributed by atoms with Crippen molar-refractivity contribution < 1.29 is 14.4 Å². The van der Waals surface area contributed by atoms with E-state index in [1.807, 2.05) is 0 Å². The zero-order valence-electron chi connectivity index (χ0n) is 16.4. The van der Waals surface area contributed by atoms with Crippen LogP contribution < -0.4 is 10.6 Å². The van der Waals surface area contributed by atoms with Crippen molar-refractivity contribution in [2.75, 3.05) is 25.0 Å². The van der Waals surface area contributed by atoms with Gasteiger partial charge in [-0.05, 0) is 37.1 Å². The second kappa shape index (κ2) is 10.7. The zero-order chi connectivity index (χ0) is 19.6. The summed E-state index contributed by atoms with van der Waals surface area (Å²) in [6.07, 6.45) is 5.46. The van der Waals surface area contributed by atoms with Crippen molar-refractivity contribution in [3.63, 3.8) is 0 Å². The Bertz CT molecular complexity index is 643. The minimum Gasteiger partial charge on any atom is -0.352 e. The van der Waals surface area contributed by atoms with Gasteiger partial charge in [-0.15, -0.1) is 0 Å². The highest BCUT2D eigenvalue weighted by Gasteiger charge is 2.33. The first-order chi connectivity index (χ1) is 13.0. The molecule has 1 atom stereocenters. The van der Waals surface area contributed by atoms with Crippen molar-refractivity contribution in [1.29, 1.82) is 0 Å². The van der Waals surface area contributed by atoms with E-state index in [0.29, 0.717) is 24.3 Å². The van der Waals surface area contributed by atoms with Gasteiger partial charge in [0.25, 0.3) is 5.91 Å². The highest BCUT2D eigenvalue weighted by molar-refractivity contribution is 5.98. The number of unbranched alkanes of at least 4 members (excludes halogenated alkanes) is 3. The summed E-state index contributed by atoms with van der Waals surface area (Å²) < 4.78 is 0. The van der Waals surface area contributed by atoms with E-state index in [0.717, 1.165) is 38.6 Å². The molecule has 1 aromatic rings. The van der Waals surface area contributed by atoms with Crippen LogP contribution in [-0.4, -0.2) is 42.3 Å². The number of likely N-dealkylation sites (tertiary alicyclic amines) is 1. The Balaban J connectivity index is 1.82. The Kier molecular flexibility index (Phi) is 8.30. The average molecular weight is 373 g/mol. The maximum atomic E-state index is 12.4. The fraction of sp³-hybridized carbons (Fsp3) is 0.571. The van der Waals surface area contributed by atoms with Crippen LogP contribution in [0.25, 0.3) is 0 Å². The van der Waals surface area contributed by atoms with Gasteiger partial charge >= 0.3 is 0 Å². The molecule has 0 radical (unpaired) electrons. The second-order valence-corrected chi connectivity index (χ2v) is 7.12. The summed E-state index contributed by atoms with van der Waals surface area (Å²) in [6.45, 7) is 6.10. The van der Waals surface area contributed by atoms with Gasteiger partial charge in [-0.3, -0.25) is 14.4 Å². The van der Waals surface area contributed by atoms with Crippen LogP contribution in [0.3, 0.4) is 0 Å². The highest BCUT2D eigenvalue weighted by atomic mass is 16.2. The van der Waals surface area contributed by atoms with Gasteiger partial charge in [0.15, 0.2) is 0 Å². The molecule has 3 amide bonds. The highest BCUT2D eigenvalue weighted by Crippen LogP contribution is 2.20. The molecule has 1 fully saturated rings. The summed E-state index contributed by atoms with van der Waals surface area (Å²) >= 11 is 0. The number of amides is 3. The van der Waals surface area contributed by atoms with E-state index in [4.69, 9.17) is 0 Å². The van der Waals surface area contributed by atoms with Crippen molar-refractivity contribution in [3.8, 4) is 0 Å². The first-order valence-corrected chi connectivity index (χ1v) is 10.0. The van der Waals surface area contributed by atoms with Crippen LogP contribution in [-0.2, 0) is 9.59 Å². The molecular weight excluding hydrogens is 342 g/mol. The van der Waals surface area contributed by atoms with Gasteiger partial charge in [0.05, 0.1) is 5.92 Å². The van der Waals surface area contributed by atoms with Crippen LogP contribution in [0.5, 0.6) is 0 Å². The van der Waals surface area contributed by atoms with Gasteiger partial charge in [-0.2, -0.15) is 0 Å². The van der Waals surface area contributed by atoms with E-state index >= 15 is 0 Å². The summed E-state index contributed by atoms with van der Waals surface area (Å²) in [7, 11) is 0. The van der Waals surface area contributed by atoms with Crippen molar-refractivity contribution in [1.82, 2.24) is 10.2 Å². The molecule has 6 heteroatoms. The molecule has 0 aromatic heterocycles. The molecule has 1 heterocycles. The van der Waals surface area contributed by atoms with E-state index < -0.39 is 0 Å². The minimum absolute atomic E-state index is 0.0543. The molecule has 1 aliphatic heterocycles. The van der Waals surface area contributed by atoms with Crippen LogP contribution in [0.4, 0.5) is 5.69 Å². The SMILES string of the molecule is CCCCCNC(=O)c1ccc(NC(=O)C2CC(=O)N(CCCC)C2)cc1. The Labute approximate surface area is 161 Å². The lowest BCUT2D eigenvalue weighted by atomic mass is 10.1.